The fourth-order valence-electron chi connectivity index (χ4n) is 2.11. The lowest BCUT2D eigenvalue weighted by Gasteiger charge is -2.12. The molecule has 0 fully saturated rings. The molecule has 0 saturated heterocycles. The highest BCUT2D eigenvalue weighted by molar-refractivity contribution is 5.03. The van der Waals surface area contributed by atoms with Gasteiger partial charge in [-0.15, -0.1) is 0 Å². The van der Waals surface area contributed by atoms with E-state index in [0.29, 0.717) is 12.6 Å². The second kappa shape index (κ2) is 5.82. The van der Waals surface area contributed by atoms with Crippen LogP contribution in [-0.2, 0) is 13.1 Å². The average molecular weight is 247 g/mol. The molecular weight excluding hydrogens is 226 g/mol. The number of aromatic nitrogens is 4. The summed E-state index contributed by atoms with van der Waals surface area (Å²) in [7, 11) is 0. The van der Waals surface area contributed by atoms with Crippen molar-refractivity contribution in [3.8, 4) is 0 Å². The second-order valence-electron chi connectivity index (χ2n) is 4.50. The van der Waals surface area contributed by atoms with Gasteiger partial charge in [0.15, 0.2) is 0 Å². The van der Waals surface area contributed by atoms with E-state index in [4.69, 9.17) is 5.73 Å². The van der Waals surface area contributed by atoms with Crippen molar-refractivity contribution in [2.75, 3.05) is 0 Å². The molecule has 0 unspecified atom stereocenters. The van der Waals surface area contributed by atoms with E-state index in [1.165, 1.54) is 0 Å². The van der Waals surface area contributed by atoms with E-state index < -0.39 is 0 Å². The third-order valence-electron chi connectivity index (χ3n) is 3.22. The summed E-state index contributed by atoms with van der Waals surface area (Å²) in [5, 5.41) is 4.62. The highest BCUT2D eigenvalue weighted by Crippen LogP contribution is 2.14. The maximum atomic E-state index is 5.54. The van der Waals surface area contributed by atoms with E-state index in [2.05, 4.69) is 40.9 Å². The molecule has 0 bridgehead atoms. The average Bonchev–Trinajstić information content (AvgIpc) is 3.01. The molecule has 0 atom stereocenters. The molecule has 2 N–H and O–H groups in total. The first-order valence-electron chi connectivity index (χ1n) is 6.51. The molecule has 0 amide bonds. The van der Waals surface area contributed by atoms with Crippen LogP contribution in [0.25, 0.3) is 0 Å². The number of imidazole rings is 1. The fraction of sp³-hybridized carbons (Fsp3) is 0.538. The van der Waals surface area contributed by atoms with Crippen molar-refractivity contribution in [3.05, 3.63) is 36.2 Å². The first kappa shape index (κ1) is 12.8. The third-order valence-corrected chi connectivity index (χ3v) is 3.22. The normalized spacial score (nSPS) is 11.3. The van der Waals surface area contributed by atoms with Crippen LogP contribution < -0.4 is 5.73 Å². The minimum absolute atomic E-state index is 0.481. The van der Waals surface area contributed by atoms with Crippen LogP contribution in [0.4, 0.5) is 0 Å². The Morgan fingerprint density at radius 2 is 2.06 bits per heavy atom. The largest absolute Gasteiger partial charge is 0.331 e. The Hall–Kier alpha value is -1.62. The van der Waals surface area contributed by atoms with Gasteiger partial charge >= 0.3 is 0 Å². The van der Waals surface area contributed by atoms with E-state index in [1.54, 1.807) is 6.33 Å². The molecule has 98 valence electrons. The molecule has 0 aliphatic heterocycles. The van der Waals surface area contributed by atoms with Gasteiger partial charge in [-0.2, -0.15) is 5.10 Å². The second-order valence-corrected chi connectivity index (χ2v) is 4.50. The monoisotopic (exact) mass is 247 g/mol. The van der Waals surface area contributed by atoms with Gasteiger partial charge < -0.3 is 10.3 Å². The van der Waals surface area contributed by atoms with Crippen molar-refractivity contribution in [2.24, 2.45) is 5.73 Å². The topological polar surface area (TPSA) is 61.7 Å². The summed E-state index contributed by atoms with van der Waals surface area (Å²) in [4.78, 5) is 4.21. The quantitative estimate of drug-likeness (QED) is 0.848. The highest BCUT2D eigenvalue weighted by atomic mass is 15.3. The molecule has 18 heavy (non-hydrogen) atoms. The molecule has 2 heterocycles. The molecule has 0 spiro atoms. The Morgan fingerprint density at radius 1 is 1.28 bits per heavy atom. The van der Waals surface area contributed by atoms with Crippen molar-refractivity contribution < 1.29 is 0 Å². The van der Waals surface area contributed by atoms with Crippen molar-refractivity contribution in [3.63, 3.8) is 0 Å². The Kier molecular flexibility index (Phi) is 4.15. The summed E-state index contributed by atoms with van der Waals surface area (Å²) < 4.78 is 4.08. The molecule has 2 rings (SSSR count). The number of nitrogens with two attached hydrogens (primary N) is 1. The summed E-state index contributed by atoms with van der Waals surface area (Å²) in [5.74, 6) is 0. The Balaban J connectivity index is 2.06. The molecule has 0 saturated carbocycles. The van der Waals surface area contributed by atoms with E-state index >= 15 is 0 Å². The summed E-state index contributed by atoms with van der Waals surface area (Å²) in [5.41, 5.74) is 7.51. The lowest BCUT2D eigenvalue weighted by molar-refractivity contribution is 0.424. The number of hydrogen-bond acceptors (Lipinski definition) is 3. The predicted molar refractivity (Wildman–Crippen MR) is 71.1 cm³/mol. The van der Waals surface area contributed by atoms with Crippen LogP contribution in [0.15, 0.2) is 24.8 Å². The van der Waals surface area contributed by atoms with Gasteiger partial charge in [0.25, 0.3) is 0 Å². The first-order valence-corrected chi connectivity index (χ1v) is 6.51. The van der Waals surface area contributed by atoms with Gasteiger partial charge in [-0.25, -0.2) is 4.98 Å². The smallest absolute Gasteiger partial charge is 0.0953 e. The minimum atomic E-state index is 0.481. The van der Waals surface area contributed by atoms with Gasteiger partial charge in [-0.3, -0.25) is 4.68 Å². The Labute approximate surface area is 108 Å². The van der Waals surface area contributed by atoms with Crippen LogP contribution in [0.1, 0.15) is 44.1 Å². The van der Waals surface area contributed by atoms with Crippen molar-refractivity contribution in [1.29, 1.82) is 0 Å². The zero-order valence-electron chi connectivity index (χ0n) is 11.1. The van der Waals surface area contributed by atoms with Crippen molar-refractivity contribution >= 4 is 0 Å². The standard InChI is InChI=1S/C13H21N5/c1-3-13(4-2)18-6-5-11(16-18)8-17-9-12(7-14)15-10-17/h5-6,9-10,13H,3-4,7-8,14H2,1-2H3. The maximum Gasteiger partial charge on any atom is 0.0953 e. The van der Waals surface area contributed by atoms with Gasteiger partial charge in [-0.1, -0.05) is 13.8 Å². The van der Waals surface area contributed by atoms with Gasteiger partial charge in [0, 0.05) is 18.9 Å². The molecule has 0 aliphatic rings. The van der Waals surface area contributed by atoms with Gasteiger partial charge in [-0.05, 0) is 18.9 Å². The molecule has 0 aromatic carbocycles. The lowest BCUT2D eigenvalue weighted by atomic mass is 10.2. The van der Waals surface area contributed by atoms with Crippen LogP contribution >= 0.6 is 0 Å². The summed E-state index contributed by atoms with van der Waals surface area (Å²) in [6.07, 6.45) is 8.06. The summed E-state index contributed by atoms with van der Waals surface area (Å²) >= 11 is 0. The van der Waals surface area contributed by atoms with Crippen molar-refractivity contribution in [2.45, 2.75) is 45.8 Å². The Bertz CT molecular complexity index is 481. The summed E-state index contributed by atoms with van der Waals surface area (Å²) in [6.45, 7) is 5.62. The van der Waals surface area contributed by atoms with Crippen molar-refractivity contribution in [1.82, 2.24) is 19.3 Å². The zero-order chi connectivity index (χ0) is 13.0. The van der Waals surface area contributed by atoms with Crippen LogP contribution in [0.5, 0.6) is 0 Å². The summed E-state index contributed by atoms with van der Waals surface area (Å²) in [6, 6.07) is 2.57. The third kappa shape index (κ3) is 2.79. The minimum Gasteiger partial charge on any atom is -0.331 e. The van der Waals surface area contributed by atoms with E-state index in [0.717, 1.165) is 30.8 Å². The van der Waals surface area contributed by atoms with E-state index in [9.17, 15) is 0 Å². The van der Waals surface area contributed by atoms with E-state index in [1.807, 2.05) is 10.8 Å². The fourth-order valence-corrected chi connectivity index (χ4v) is 2.11. The maximum absolute atomic E-state index is 5.54. The molecular formula is C13H21N5. The number of nitrogens with zero attached hydrogens (tertiary/aromatic N) is 4. The molecule has 5 nitrogen and oxygen atoms in total. The Morgan fingerprint density at radius 3 is 2.67 bits per heavy atom. The molecule has 5 heteroatoms. The molecule has 0 aliphatic carbocycles. The lowest BCUT2D eigenvalue weighted by Crippen LogP contribution is -2.08. The van der Waals surface area contributed by atoms with Crippen LogP contribution in [-0.4, -0.2) is 19.3 Å². The first-order chi connectivity index (χ1) is 8.76. The highest BCUT2D eigenvalue weighted by Gasteiger charge is 2.08. The van der Waals surface area contributed by atoms with Gasteiger partial charge in [0.2, 0.25) is 0 Å². The number of rotatable bonds is 6. The van der Waals surface area contributed by atoms with E-state index in [-0.39, 0.29) is 0 Å². The van der Waals surface area contributed by atoms with Crippen LogP contribution in [0.3, 0.4) is 0 Å². The SMILES string of the molecule is CCC(CC)n1ccc(Cn2cnc(CN)c2)n1. The zero-order valence-corrected chi connectivity index (χ0v) is 11.1. The molecule has 2 aromatic heterocycles. The molecule has 0 radical (unpaired) electrons. The van der Waals surface area contributed by atoms with Crippen LogP contribution in [0, 0.1) is 0 Å². The van der Waals surface area contributed by atoms with Gasteiger partial charge in [0.05, 0.1) is 30.3 Å². The van der Waals surface area contributed by atoms with Gasteiger partial charge in [0.1, 0.15) is 0 Å². The number of hydrogen-bond donors (Lipinski definition) is 1. The predicted octanol–water partition coefficient (Wildman–Crippen LogP) is 1.95. The molecule has 2 aromatic rings. The van der Waals surface area contributed by atoms with Crippen LogP contribution in [0.2, 0.25) is 0 Å².